The molecule has 3 saturated carbocycles. The summed E-state index contributed by atoms with van der Waals surface area (Å²) in [5.41, 5.74) is 1.74. The lowest BCUT2D eigenvalue weighted by molar-refractivity contribution is -0.113. The van der Waals surface area contributed by atoms with E-state index in [2.05, 4.69) is 19.9 Å². The number of rotatable bonds is 0. The first-order valence-electron chi connectivity index (χ1n) is 9.04. The monoisotopic (exact) mass is 290 g/mol. The van der Waals surface area contributed by atoms with Gasteiger partial charge in [-0.05, 0) is 68.1 Å². The van der Waals surface area contributed by atoms with Crippen molar-refractivity contribution in [3.63, 3.8) is 0 Å². The lowest BCUT2D eigenvalue weighted by Crippen LogP contribution is -2.56. The van der Waals surface area contributed by atoms with Gasteiger partial charge in [-0.3, -0.25) is 0 Å². The molecule has 4 aliphatic rings. The van der Waals surface area contributed by atoms with Crippen LogP contribution in [0.4, 0.5) is 0 Å². The Bertz CT molecular complexity index is 470. The van der Waals surface area contributed by atoms with E-state index < -0.39 is 0 Å². The second-order valence-corrected chi connectivity index (χ2v) is 8.75. The average Bonchev–Trinajstić information content (AvgIpc) is 2.83. The molecule has 4 aliphatic carbocycles. The zero-order valence-electron chi connectivity index (χ0n) is 13.5. The minimum Gasteiger partial charge on any atom is -0.392 e. The third-order valence-electron chi connectivity index (χ3n) is 7.96. The third kappa shape index (κ3) is 1.78. The van der Waals surface area contributed by atoms with Crippen molar-refractivity contribution in [3.05, 3.63) is 11.6 Å². The minimum absolute atomic E-state index is 0.0634. The van der Waals surface area contributed by atoms with Gasteiger partial charge in [0.2, 0.25) is 0 Å². The van der Waals surface area contributed by atoms with Crippen LogP contribution in [0.3, 0.4) is 0 Å². The van der Waals surface area contributed by atoms with Crippen molar-refractivity contribution in [2.45, 2.75) is 77.4 Å². The van der Waals surface area contributed by atoms with Gasteiger partial charge < -0.3 is 10.2 Å². The highest BCUT2D eigenvalue weighted by atomic mass is 16.3. The van der Waals surface area contributed by atoms with E-state index >= 15 is 0 Å². The van der Waals surface area contributed by atoms with E-state index in [1.165, 1.54) is 37.7 Å². The van der Waals surface area contributed by atoms with Crippen LogP contribution < -0.4 is 0 Å². The van der Waals surface area contributed by atoms with Crippen LogP contribution in [0.15, 0.2) is 11.6 Å². The Balaban J connectivity index is 1.77. The molecule has 2 heteroatoms. The summed E-state index contributed by atoms with van der Waals surface area (Å²) >= 11 is 0. The summed E-state index contributed by atoms with van der Waals surface area (Å²) in [4.78, 5) is 0. The molecule has 0 radical (unpaired) electrons. The van der Waals surface area contributed by atoms with Gasteiger partial charge in [0.05, 0.1) is 12.2 Å². The molecule has 2 N–H and O–H groups in total. The largest absolute Gasteiger partial charge is 0.392 e. The molecule has 21 heavy (non-hydrogen) atoms. The second-order valence-electron chi connectivity index (χ2n) is 8.75. The van der Waals surface area contributed by atoms with Crippen molar-refractivity contribution in [1.82, 2.24) is 0 Å². The van der Waals surface area contributed by atoms with Crippen LogP contribution in [0.25, 0.3) is 0 Å². The first-order chi connectivity index (χ1) is 9.97. The van der Waals surface area contributed by atoms with Gasteiger partial charge in [-0.1, -0.05) is 31.9 Å². The molecule has 0 aromatic rings. The average molecular weight is 290 g/mol. The fourth-order valence-electron chi connectivity index (χ4n) is 6.70. The van der Waals surface area contributed by atoms with Crippen molar-refractivity contribution >= 4 is 0 Å². The van der Waals surface area contributed by atoms with E-state index in [9.17, 15) is 10.2 Å². The van der Waals surface area contributed by atoms with E-state index in [0.717, 1.165) is 19.3 Å². The lowest BCUT2D eigenvalue weighted by Gasteiger charge is -2.59. The summed E-state index contributed by atoms with van der Waals surface area (Å²) in [5.74, 6) is 1.53. The zero-order chi connectivity index (χ0) is 14.8. The fraction of sp³-hybridized carbons (Fsp3) is 0.895. The molecule has 0 aliphatic heterocycles. The summed E-state index contributed by atoms with van der Waals surface area (Å²) in [7, 11) is 0. The van der Waals surface area contributed by atoms with Gasteiger partial charge in [0, 0.05) is 5.41 Å². The molecule has 2 nitrogen and oxygen atoms in total. The van der Waals surface area contributed by atoms with Crippen LogP contribution in [0.5, 0.6) is 0 Å². The molecular weight excluding hydrogens is 260 g/mol. The maximum absolute atomic E-state index is 10.8. The van der Waals surface area contributed by atoms with Crippen LogP contribution in [0.1, 0.15) is 65.2 Å². The maximum Gasteiger partial charge on any atom is 0.0757 e. The molecule has 0 aromatic heterocycles. The summed E-state index contributed by atoms with van der Waals surface area (Å²) in [5, 5.41) is 21.6. The molecule has 0 saturated heterocycles. The highest BCUT2D eigenvalue weighted by Gasteiger charge is 2.59. The molecule has 3 fully saturated rings. The lowest BCUT2D eigenvalue weighted by atomic mass is 9.47. The molecule has 0 spiro atoms. The predicted molar refractivity (Wildman–Crippen MR) is 83.7 cm³/mol. The number of hydrogen-bond donors (Lipinski definition) is 2. The smallest absolute Gasteiger partial charge is 0.0757 e. The normalized spacial score (nSPS) is 56.2. The summed E-state index contributed by atoms with van der Waals surface area (Å²) in [6, 6.07) is 0. The third-order valence-corrected chi connectivity index (χ3v) is 7.96. The first kappa shape index (κ1) is 14.3. The topological polar surface area (TPSA) is 40.5 Å². The Kier molecular flexibility index (Phi) is 3.11. The molecule has 7 atom stereocenters. The van der Waals surface area contributed by atoms with E-state index in [-0.39, 0.29) is 17.6 Å². The zero-order valence-corrected chi connectivity index (χ0v) is 13.5. The van der Waals surface area contributed by atoms with Crippen LogP contribution in [0.2, 0.25) is 0 Å². The van der Waals surface area contributed by atoms with Crippen molar-refractivity contribution in [2.24, 2.45) is 28.6 Å². The summed E-state index contributed by atoms with van der Waals surface area (Å²) in [6.07, 6.45) is 11.2. The van der Waals surface area contributed by atoms with Crippen LogP contribution in [-0.4, -0.2) is 22.4 Å². The number of hydrogen-bond acceptors (Lipinski definition) is 2. The molecule has 0 bridgehead atoms. The summed E-state index contributed by atoms with van der Waals surface area (Å²) < 4.78 is 0. The molecule has 2 unspecified atom stereocenters. The van der Waals surface area contributed by atoms with Gasteiger partial charge in [-0.2, -0.15) is 0 Å². The Hall–Kier alpha value is -0.340. The first-order valence-corrected chi connectivity index (χ1v) is 9.04. The van der Waals surface area contributed by atoms with E-state index in [1.54, 1.807) is 0 Å². The Labute approximate surface area is 128 Å². The second kappa shape index (κ2) is 4.58. The van der Waals surface area contributed by atoms with Gasteiger partial charge in [0.1, 0.15) is 0 Å². The SMILES string of the molecule is C[C@@]12CCC[C@H]1[C@@H]1C(O)C=C3CCCC(O)[C@]3(C)[C@@H]1CC2. The van der Waals surface area contributed by atoms with Gasteiger partial charge in [0.15, 0.2) is 0 Å². The fourth-order valence-corrected chi connectivity index (χ4v) is 6.70. The van der Waals surface area contributed by atoms with E-state index in [1.807, 2.05) is 0 Å². The van der Waals surface area contributed by atoms with Crippen molar-refractivity contribution < 1.29 is 10.2 Å². The Morgan fingerprint density at radius 2 is 1.81 bits per heavy atom. The maximum atomic E-state index is 10.8. The van der Waals surface area contributed by atoms with Crippen molar-refractivity contribution in [3.8, 4) is 0 Å². The van der Waals surface area contributed by atoms with Crippen LogP contribution >= 0.6 is 0 Å². The van der Waals surface area contributed by atoms with E-state index in [4.69, 9.17) is 0 Å². The number of aliphatic hydroxyl groups is 2. The van der Waals surface area contributed by atoms with Crippen LogP contribution in [-0.2, 0) is 0 Å². The molecular formula is C19H30O2. The quantitative estimate of drug-likeness (QED) is 0.668. The number of fused-ring (bicyclic) bond motifs is 5. The standard InChI is InChI=1S/C19H30O2/c1-18-9-4-6-13(18)17-14(8-10-18)19(2)12(11-15(17)20)5-3-7-16(19)21/h11,13-17,20-21H,3-10H2,1-2H3/t13-,14+,15?,16?,17-,18-,19-/m0/s1. The van der Waals surface area contributed by atoms with Crippen molar-refractivity contribution in [2.75, 3.05) is 0 Å². The predicted octanol–water partition coefficient (Wildman–Crippen LogP) is 3.67. The Morgan fingerprint density at radius 3 is 2.62 bits per heavy atom. The molecule has 0 aromatic carbocycles. The summed E-state index contributed by atoms with van der Waals surface area (Å²) in [6.45, 7) is 4.75. The molecule has 4 rings (SSSR count). The highest BCUT2D eigenvalue weighted by Crippen LogP contribution is 2.64. The van der Waals surface area contributed by atoms with Crippen LogP contribution in [0, 0.1) is 28.6 Å². The minimum atomic E-state index is -0.272. The van der Waals surface area contributed by atoms with Gasteiger partial charge in [0.25, 0.3) is 0 Å². The Morgan fingerprint density at radius 1 is 1.00 bits per heavy atom. The van der Waals surface area contributed by atoms with Gasteiger partial charge in [-0.25, -0.2) is 0 Å². The molecule has 0 amide bonds. The molecule has 118 valence electrons. The number of aliphatic hydroxyl groups excluding tert-OH is 2. The highest BCUT2D eigenvalue weighted by molar-refractivity contribution is 5.28. The van der Waals surface area contributed by atoms with E-state index in [0.29, 0.717) is 23.2 Å². The van der Waals surface area contributed by atoms with Gasteiger partial charge >= 0.3 is 0 Å². The van der Waals surface area contributed by atoms with Crippen molar-refractivity contribution in [1.29, 1.82) is 0 Å². The van der Waals surface area contributed by atoms with Gasteiger partial charge in [-0.15, -0.1) is 0 Å². The molecule has 0 heterocycles.